The fourth-order valence-electron chi connectivity index (χ4n) is 2.47. The van der Waals surface area contributed by atoms with Gasteiger partial charge in [0.25, 0.3) is 0 Å². The zero-order valence-electron chi connectivity index (χ0n) is 13.4. The van der Waals surface area contributed by atoms with Crippen LogP contribution in [0.5, 0.6) is 0 Å². The van der Waals surface area contributed by atoms with Gasteiger partial charge in [0.2, 0.25) is 5.91 Å². The van der Waals surface area contributed by atoms with Gasteiger partial charge in [-0.1, -0.05) is 32.0 Å². The van der Waals surface area contributed by atoms with Crippen LogP contribution in [-0.4, -0.2) is 19.0 Å². The van der Waals surface area contributed by atoms with Crippen molar-refractivity contribution in [1.29, 1.82) is 0 Å². The topological polar surface area (TPSA) is 55.1 Å². The van der Waals surface area contributed by atoms with Crippen LogP contribution in [0.2, 0.25) is 0 Å². The zero-order chi connectivity index (χ0) is 16.8. The van der Waals surface area contributed by atoms with Gasteiger partial charge in [-0.25, -0.2) is 0 Å². The molecule has 0 unspecified atom stereocenters. The van der Waals surface area contributed by atoms with Crippen LogP contribution < -0.4 is 11.1 Å². The molecule has 0 fully saturated rings. The van der Waals surface area contributed by atoms with Gasteiger partial charge in [-0.3, -0.25) is 4.79 Å². The number of halogens is 4. The molecule has 7 heteroatoms. The molecule has 23 heavy (non-hydrogen) atoms. The Labute approximate surface area is 141 Å². The molecule has 1 aromatic rings. The van der Waals surface area contributed by atoms with Crippen molar-refractivity contribution in [3.8, 4) is 0 Å². The summed E-state index contributed by atoms with van der Waals surface area (Å²) in [5.41, 5.74) is 4.58. The Morgan fingerprint density at radius 3 is 2.22 bits per heavy atom. The molecule has 0 saturated carbocycles. The fraction of sp³-hybridized carbons (Fsp3) is 0.562. The summed E-state index contributed by atoms with van der Waals surface area (Å²) in [6.07, 6.45) is -3.04. The number of carbonyl (C=O) groups is 1. The lowest BCUT2D eigenvalue weighted by atomic mass is 9.81. The number of nitrogens with one attached hydrogen (secondary N) is 1. The molecular formula is C16H24ClF3N2O. The largest absolute Gasteiger partial charge is 0.416 e. The first-order valence-corrected chi connectivity index (χ1v) is 7.44. The highest BCUT2D eigenvalue weighted by molar-refractivity contribution is 5.85. The molecule has 0 atom stereocenters. The second-order valence-electron chi connectivity index (χ2n) is 5.35. The smallest absolute Gasteiger partial charge is 0.355 e. The number of hydrogen-bond donors (Lipinski definition) is 2. The maximum atomic E-state index is 12.9. The Morgan fingerprint density at radius 1 is 1.17 bits per heavy atom. The minimum absolute atomic E-state index is 0. The van der Waals surface area contributed by atoms with Crippen LogP contribution in [0.4, 0.5) is 13.2 Å². The lowest BCUT2D eigenvalue weighted by molar-refractivity contribution is -0.138. The number of nitrogens with two attached hydrogens (primary N) is 1. The highest BCUT2D eigenvalue weighted by atomic mass is 35.5. The normalized spacial score (nSPS) is 11.7. The molecule has 0 radical (unpaired) electrons. The van der Waals surface area contributed by atoms with Crippen LogP contribution in [-0.2, 0) is 17.4 Å². The number of benzene rings is 1. The summed E-state index contributed by atoms with van der Waals surface area (Å²) in [6.45, 7) is 4.16. The van der Waals surface area contributed by atoms with Gasteiger partial charge in [-0.05, 0) is 30.9 Å². The Kier molecular flexibility index (Phi) is 8.63. The Hall–Kier alpha value is -1.27. The third kappa shape index (κ3) is 5.39. The van der Waals surface area contributed by atoms with E-state index < -0.39 is 17.2 Å². The average Bonchev–Trinajstić information content (AvgIpc) is 2.49. The van der Waals surface area contributed by atoms with Crippen LogP contribution in [0.3, 0.4) is 0 Å². The number of rotatable bonds is 7. The Balaban J connectivity index is 0.00000484. The molecule has 0 bridgehead atoms. The summed E-state index contributed by atoms with van der Waals surface area (Å²) >= 11 is 0. The lowest BCUT2D eigenvalue weighted by Crippen LogP contribution is -2.45. The predicted octanol–water partition coefficient (Wildman–Crippen LogP) is 3.55. The lowest BCUT2D eigenvalue weighted by Gasteiger charge is -2.28. The van der Waals surface area contributed by atoms with E-state index in [-0.39, 0.29) is 43.4 Å². The summed E-state index contributed by atoms with van der Waals surface area (Å²) < 4.78 is 38.7. The number of amides is 1. The Bertz CT molecular complexity index is 494. The van der Waals surface area contributed by atoms with E-state index in [1.165, 1.54) is 12.1 Å². The standard InChI is InChI=1S/C16H23F3N2O.ClH/c1-3-15(4-2,11-20)14(22)21-10-9-12-7-5-6-8-13(12)16(17,18)19;/h5-8H,3-4,9-11,20H2,1-2H3,(H,21,22);1H. The van der Waals surface area contributed by atoms with Gasteiger partial charge in [0, 0.05) is 13.1 Å². The molecular weight excluding hydrogens is 329 g/mol. The zero-order valence-corrected chi connectivity index (χ0v) is 14.2. The molecule has 3 N–H and O–H groups in total. The van der Waals surface area contributed by atoms with Gasteiger partial charge in [-0.2, -0.15) is 13.2 Å². The van der Waals surface area contributed by atoms with Crippen molar-refractivity contribution in [1.82, 2.24) is 5.32 Å². The summed E-state index contributed by atoms with van der Waals surface area (Å²) in [6, 6.07) is 5.41. The first-order chi connectivity index (χ1) is 10.3. The van der Waals surface area contributed by atoms with Crippen LogP contribution in [0.1, 0.15) is 37.8 Å². The summed E-state index contributed by atoms with van der Waals surface area (Å²) in [5, 5.41) is 2.72. The first-order valence-electron chi connectivity index (χ1n) is 7.44. The van der Waals surface area contributed by atoms with Crippen molar-refractivity contribution in [2.24, 2.45) is 11.1 Å². The van der Waals surface area contributed by atoms with Crippen LogP contribution in [0, 0.1) is 5.41 Å². The van der Waals surface area contributed by atoms with Gasteiger partial charge < -0.3 is 11.1 Å². The van der Waals surface area contributed by atoms with E-state index in [2.05, 4.69) is 5.32 Å². The van der Waals surface area contributed by atoms with Gasteiger partial charge in [-0.15, -0.1) is 12.4 Å². The quantitative estimate of drug-likeness (QED) is 0.788. The van der Waals surface area contributed by atoms with E-state index in [9.17, 15) is 18.0 Å². The van der Waals surface area contributed by atoms with E-state index in [1.54, 1.807) is 6.07 Å². The molecule has 0 aliphatic carbocycles. The molecule has 1 amide bonds. The van der Waals surface area contributed by atoms with E-state index in [4.69, 9.17) is 5.73 Å². The highest BCUT2D eigenvalue weighted by Crippen LogP contribution is 2.32. The molecule has 3 nitrogen and oxygen atoms in total. The van der Waals surface area contributed by atoms with Crippen molar-refractivity contribution in [3.63, 3.8) is 0 Å². The van der Waals surface area contributed by atoms with E-state index in [1.807, 2.05) is 13.8 Å². The maximum Gasteiger partial charge on any atom is 0.416 e. The van der Waals surface area contributed by atoms with Gasteiger partial charge in [0.1, 0.15) is 0 Å². The molecule has 0 aliphatic heterocycles. The average molecular weight is 353 g/mol. The first kappa shape index (κ1) is 21.7. The summed E-state index contributed by atoms with van der Waals surface area (Å²) in [5.74, 6) is -0.190. The van der Waals surface area contributed by atoms with Crippen molar-refractivity contribution >= 4 is 18.3 Å². The molecule has 0 spiro atoms. The maximum absolute atomic E-state index is 12.9. The minimum Gasteiger partial charge on any atom is -0.355 e. The fourth-order valence-corrected chi connectivity index (χ4v) is 2.47. The van der Waals surface area contributed by atoms with Crippen LogP contribution in [0.25, 0.3) is 0 Å². The van der Waals surface area contributed by atoms with Crippen molar-refractivity contribution in [2.45, 2.75) is 39.3 Å². The molecule has 1 rings (SSSR count). The molecule has 132 valence electrons. The molecule has 0 aromatic heterocycles. The van der Waals surface area contributed by atoms with Gasteiger partial charge in [0.15, 0.2) is 0 Å². The summed E-state index contributed by atoms with van der Waals surface area (Å²) in [4.78, 5) is 12.2. The Morgan fingerprint density at radius 2 is 1.74 bits per heavy atom. The molecule has 0 heterocycles. The van der Waals surface area contributed by atoms with E-state index >= 15 is 0 Å². The van der Waals surface area contributed by atoms with E-state index in [0.717, 1.165) is 6.07 Å². The van der Waals surface area contributed by atoms with Crippen LogP contribution in [0.15, 0.2) is 24.3 Å². The third-order valence-electron chi connectivity index (χ3n) is 4.23. The van der Waals surface area contributed by atoms with Gasteiger partial charge >= 0.3 is 6.18 Å². The molecule has 1 aromatic carbocycles. The van der Waals surface area contributed by atoms with Gasteiger partial charge in [0.05, 0.1) is 11.0 Å². The minimum atomic E-state index is -4.38. The predicted molar refractivity (Wildman–Crippen MR) is 87.5 cm³/mol. The number of carbonyl (C=O) groups excluding carboxylic acids is 1. The van der Waals surface area contributed by atoms with Crippen molar-refractivity contribution in [2.75, 3.05) is 13.1 Å². The number of hydrogen-bond acceptors (Lipinski definition) is 2. The van der Waals surface area contributed by atoms with Crippen LogP contribution >= 0.6 is 12.4 Å². The number of alkyl halides is 3. The second kappa shape index (κ2) is 9.13. The van der Waals surface area contributed by atoms with Crippen molar-refractivity contribution in [3.05, 3.63) is 35.4 Å². The van der Waals surface area contributed by atoms with E-state index in [0.29, 0.717) is 12.8 Å². The molecule has 0 saturated heterocycles. The summed E-state index contributed by atoms with van der Waals surface area (Å²) in [7, 11) is 0. The second-order valence-corrected chi connectivity index (χ2v) is 5.35. The van der Waals surface area contributed by atoms with Crippen molar-refractivity contribution < 1.29 is 18.0 Å². The SMILES string of the molecule is CCC(CC)(CN)C(=O)NCCc1ccccc1C(F)(F)F.Cl. The monoisotopic (exact) mass is 352 g/mol. The molecule has 0 aliphatic rings. The highest BCUT2D eigenvalue weighted by Gasteiger charge is 2.34. The third-order valence-corrected chi connectivity index (χ3v) is 4.23.